The van der Waals surface area contributed by atoms with Gasteiger partial charge in [-0.25, -0.2) is 4.79 Å². The second kappa shape index (κ2) is 8.04. The molecule has 0 unspecified atom stereocenters. The molecule has 3 heterocycles. The summed E-state index contributed by atoms with van der Waals surface area (Å²) < 4.78 is 6.68. The number of carbonyl (C=O) groups excluding carboxylic acids is 1. The van der Waals surface area contributed by atoms with Crippen LogP contribution in [0.3, 0.4) is 0 Å². The van der Waals surface area contributed by atoms with Gasteiger partial charge in [-0.1, -0.05) is 18.2 Å². The number of likely N-dealkylation sites (N-methyl/N-ethyl adjacent to an activating group) is 1. The van der Waals surface area contributed by atoms with Crippen LogP contribution in [0.15, 0.2) is 24.3 Å². The fourth-order valence-electron chi connectivity index (χ4n) is 4.59. The number of fused-ring (bicyclic) bond motifs is 1. The Kier molecular flexibility index (Phi) is 5.47. The van der Waals surface area contributed by atoms with Gasteiger partial charge in [0.25, 0.3) is 0 Å². The molecular formula is C21H28N4O4. The Morgan fingerprint density at radius 2 is 1.90 bits per heavy atom. The predicted molar refractivity (Wildman–Crippen MR) is 109 cm³/mol. The summed E-state index contributed by atoms with van der Waals surface area (Å²) in [6, 6.07) is 7.81. The number of likely N-dealkylation sites (tertiary alicyclic amines) is 1. The molecule has 0 radical (unpaired) electrons. The molecule has 0 saturated carbocycles. The standard InChI is InChI=1S/C21H28N4O4/c1-22-8-4-7-17(22)20(26)25-11-9-24(10-12-25)14-16-6-3-5-15-13-18(29-21(27)28)23(2)19(15)16/h3,5-6,13,17H,4,7-12,14H2,1-2H3,(H,27,28)/t17-/m1/s1. The highest BCUT2D eigenvalue weighted by molar-refractivity contribution is 5.86. The Bertz CT molecular complexity index is 917. The minimum absolute atomic E-state index is 0.0475. The van der Waals surface area contributed by atoms with Gasteiger partial charge in [0.15, 0.2) is 0 Å². The molecule has 1 aromatic carbocycles. The molecule has 2 aliphatic rings. The molecule has 1 atom stereocenters. The molecule has 0 aliphatic carbocycles. The first kappa shape index (κ1) is 19.7. The highest BCUT2D eigenvalue weighted by atomic mass is 16.7. The zero-order valence-electron chi connectivity index (χ0n) is 17.0. The van der Waals surface area contributed by atoms with Crippen molar-refractivity contribution in [1.29, 1.82) is 0 Å². The molecule has 29 heavy (non-hydrogen) atoms. The number of carbonyl (C=O) groups is 2. The van der Waals surface area contributed by atoms with Crippen molar-refractivity contribution < 1.29 is 19.4 Å². The van der Waals surface area contributed by atoms with Crippen LogP contribution in [0.4, 0.5) is 4.79 Å². The van der Waals surface area contributed by atoms with Gasteiger partial charge in [0.1, 0.15) is 0 Å². The van der Waals surface area contributed by atoms with E-state index in [1.165, 1.54) is 0 Å². The first-order chi connectivity index (χ1) is 13.9. The van der Waals surface area contributed by atoms with E-state index >= 15 is 0 Å². The van der Waals surface area contributed by atoms with Crippen molar-refractivity contribution in [2.24, 2.45) is 7.05 Å². The highest BCUT2D eigenvalue weighted by Gasteiger charge is 2.32. The molecule has 156 valence electrons. The van der Waals surface area contributed by atoms with Crippen LogP contribution in [0, 0.1) is 0 Å². The summed E-state index contributed by atoms with van der Waals surface area (Å²) in [5.41, 5.74) is 2.11. The Balaban J connectivity index is 1.43. The van der Waals surface area contributed by atoms with Crippen molar-refractivity contribution in [3.63, 3.8) is 0 Å². The number of aryl methyl sites for hydroxylation is 1. The third-order valence-electron chi connectivity index (χ3n) is 6.17. The molecule has 2 saturated heterocycles. The van der Waals surface area contributed by atoms with E-state index in [1.54, 1.807) is 10.6 Å². The number of ether oxygens (including phenoxy) is 1. The van der Waals surface area contributed by atoms with Crippen molar-refractivity contribution >= 4 is 23.0 Å². The molecule has 2 aliphatic heterocycles. The lowest BCUT2D eigenvalue weighted by Crippen LogP contribution is -2.52. The molecular weight excluding hydrogens is 372 g/mol. The third kappa shape index (κ3) is 3.95. The van der Waals surface area contributed by atoms with Crippen molar-refractivity contribution in [2.45, 2.75) is 25.4 Å². The van der Waals surface area contributed by atoms with Crippen LogP contribution in [0.25, 0.3) is 10.9 Å². The monoisotopic (exact) mass is 400 g/mol. The summed E-state index contributed by atoms with van der Waals surface area (Å²) in [6.45, 7) is 4.93. The predicted octanol–water partition coefficient (Wildman–Crippen LogP) is 1.97. The molecule has 0 bridgehead atoms. The summed E-state index contributed by atoms with van der Waals surface area (Å²) in [7, 11) is 3.85. The average Bonchev–Trinajstić information content (AvgIpc) is 3.25. The number of piperazine rings is 1. The van der Waals surface area contributed by atoms with E-state index in [1.807, 2.05) is 31.1 Å². The van der Waals surface area contributed by atoms with Gasteiger partial charge in [-0.2, -0.15) is 0 Å². The maximum atomic E-state index is 12.8. The number of hydrogen-bond acceptors (Lipinski definition) is 5. The van der Waals surface area contributed by atoms with Crippen molar-refractivity contribution in [1.82, 2.24) is 19.3 Å². The van der Waals surface area contributed by atoms with Gasteiger partial charge in [0.05, 0.1) is 11.6 Å². The summed E-state index contributed by atoms with van der Waals surface area (Å²) in [5, 5.41) is 9.89. The molecule has 8 heteroatoms. The second-order valence-corrected chi connectivity index (χ2v) is 8.00. The summed E-state index contributed by atoms with van der Waals surface area (Å²) in [6.07, 6.45) is 0.749. The topological polar surface area (TPSA) is 78.2 Å². The molecule has 1 amide bonds. The van der Waals surface area contributed by atoms with Crippen molar-refractivity contribution in [3.8, 4) is 5.88 Å². The lowest BCUT2D eigenvalue weighted by atomic mass is 10.1. The molecule has 8 nitrogen and oxygen atoms in total. The van der Waals surface area contributed by atoms with E-state index in [-0.39, 0.29) is 11.9 Å². The van der Waals surface area contributed by atoms with Crippen LogP contribution in [-0.2, 0) is 18.4 Å². The number of amides is 1. The third-order valence-corrected chi connectivity index (χ3v) is 6.17. The minimum Gasteiger partial charge on any atom is -0.449 e. The molecule has 1 N–H and O–H groups in total. The van der Waals surface area contributed by atoms with Crippen LogP contribution in [0.1, 0.15) is 18.4 Å². The molecule has 2 fully saturated rings. The SMILES string of the molecule is CN1CCC[C@@H]1C(=O)N1CCN(Cc2cccc3cc(OC(=O)O)n(C)c23)CC1. The van der Waals surface area contributed by atoms with E-state index in [2.05, 4.69) is 15.9 Å². The van der Waals surface area contributed by atoms with Crippen molar-refractivity contribution in [3.05, 3.63) is 29.8 Å². The number of rotatable bonds is 4. The number of nitrogens with zero attached hydrogens (tertiary/aromatic N) is 4. The van der Waals surface area contributed by atoms with E-state index in [0.717, 1.165) is 68.6 Å². The highest BCUT2D eigenvalue weighted by Crippen LogP contribution is 2.28. The summed E-state index contributed by atoms with van der Waals surface area (Å²) in [5.74, 6) is 0.584. The van der Waals surface area contributed by atoms with E-state index in [9.17, 15) is 9.59 Å². The normalized spacial score (nSPS) is 21.0. The number of aromatic nitrogens is 1. The number of carboxylic acid groups (broad SMARTS) is 1. The van der Waals surface area contributed by atoms with E-state index < -0.39 is 6.16 Å². The molecule has 1 aromatic heterocycles. The fourth-order valence-corrected chi connectivity index (χ4v) is 4.59. The Hall–Kier alpha value is -2.58. The largest absolute Gasteiger partial charge is 0.512 e. The number of para-hydroxylation sites is 1. The minimum atomic E-state index is -1.31. The van der Waals surface area contributed by atoms with Crippen LogP contribution in [0.5, 0.6) is 5.88 Å². The van der Waals surface area contributed by atoms with Crippen LogP contribution >= 0.6 is 0 Å². The molecule has 0 spiro atoms. The fraction of sp³-hybridized carbons (Fsp3) is 0.524. The van der Waals surface area contributed by atoms with Gasteiger partial charge in [-0.15, -0.1) is 0 Å². The lowest BCUT2D eigenvalue weighted by Gasteiger charge is -2.37. The lowest BCUT2D eigenvalue weighted by molar-refractivity contribution is -0.137. The first-order valence-electron chi connectivity index (χ1n) is 10.1. The zero-order valence-corrected chi connectivity index (χ0v) is 17.0. The van der Waals surface area contributed by atoms with E-state index in [0.29, 0.717) is 5.88 Å². The van der Waals surface area contributed by atoms with E-state index in [4.69, 9.17) is 9.84 Å². The summed E-state index contributed by atoms with van der Waals surface area (Å²) >= 11 is 0. The maximum Gasteiger partial charge on any atom is 0.512 e. The van der Waals surface area contributed by atoms with Crippen molar-refractivity contribution in [2.75, 3.05) is 39.8 Å². The van der Waals surface area contributed by atoms with Gasteiger partial charge >= 0.3 is 6.16 Å². The van der Waals surface area contributed by atoms with Gasteiger partial charge in [-0.3, -0.25) is 14.6 Å². The summed E-state index contributed by atoms with van der Waals surface area (Å²) in [4.78, 5) is 30.2. The average molecular weight is 400 g/mol. The number of hydrogen-bond donors (Lipinski definition) is 1. The quantitative estimate of drug-likeness (QED) is 0.791. The molecule has 2 aromatic rings. The van der Waals surface area contributed by atoms with Crippen LogP contribution in [0.2, 0.25) is 0 Å². The first-order valence-corrected chi connectivity index (χ1v) is 10.1. The van der Waals surface area contributed by atoms with Gasteiger partial charge in [0, 0.05) is 51.2 Å². The zero-order chi connectivity index (χ0) is 20.5. The van der Waals surface area contributed by atoms with Gasteiger partial charge in [0.2, 0.25) is 11.8 Å². The van der Waals surface area contributed by atoms with Gasteiger partial charge < -0.3 is 19.3 Å². The van der Waals surface area contributed by atoms with Gasteiger partial charge in [-0.05, 0) is 32.0 Å². The molecule has 4 rings (SSSR count). The number of benzene rings is 1. The Morgan fingerprint density at radius 1 is 1.14 bits per heavy atom. The Morgan fingerprint density at radius 3 is 2.55 bits per heavy atom. The smallest absolute Gasteiger partial charge is 0.449 e. The Labute approximate surface area is 170 Å². The van der Waals surface area contributed by atoms with Crippen LogP contribution < -0.4 is 4.74 Å². The maximum absolute atomic E-state index is 12.8. The second-order valence-electron chi connectivity index (χ2n) is 8.00. The van der Waals surface area contributed by atoms with Crippen LogP contribution in [-0.4, -0.2) is 82.2 Å².